The minimum absolute atomic E-state index is 0.116. The van der Waals surface area contributed by atoms with Crippen molar-refractivity contribution >= 4 is 33.4 Å². The van der Waals surface area contributed by atoms with Crippen molar-refractivity contribution in [3.63, 3.8) is 0 Å². The Morgan fingerprint density at radius 1 is 0.643 bits per heavy atom. The van der Waals surface area contributed by atoms with Gasteiger partial charge in [-0.2, -0.15) is 0 Å². The number of hydrogen-bond acceptors (Lipinski definition) is 8. The van der Waals surface area contributed by atoms with E-state index in [9.17, 15) is 30.6 Å². The number of nitrogens with zero attached hydrogens (tertiary/aromatic N) is 2. The Bertz CT molecular complexity index is 1910. The molecule has 0 saturated carbocycles. The van der Waals surface area contributed by atoms with Crippen molar-refractivity contribution in [3.8, 4) is 45.6 Å². The van der Waals surface area contributed by atoms with Crippen LogP contribution in [0.25, 0.3) is 32.7 Å². The number of rotatable bonds is 5. The second kappa shape index (κ2) is 10.4. The predicted molar refractivity (Wildman–Crippen MR) is 166 cm³/mol. The van der Waals surface area contributed by atoms with E-state index in [0.717, 1.165) is 0 Å². The van der Waals surface area contributed by atoms with Crippen molar-refractivity contribution in [3.05, 3.63) is 70.5 Å². The van der Waals surface area contributed by atoms with Gasteiger partial charge in [0.1, 0.15) is 11.5 Å². The summed E-state index contributed by atoms with van der Waals surface area (Å²) in [5.41, 5.74) is 3.57. The van der Waals surface area contributed by atoms with E-state index in [1.54, 1.807) is 38.4 Å². The second-order valence-corrected chi connectivity index (χ2v) is 11.3. The van der Waals surface area contributed by atoms with Gasteiger partial charge >= 0.3 is 0 Å². The molecule has 0 atom stereocenters. The van der Waals surface area contributed by atoms with Gasteiger partial charge in [-0.25, -0.2) is 0 Å². The van der Waals surface area contributed by atoms with Crippen LogP contribution in [-0.4, -0.2) is 41.8 Å². The van der Waals surface area contributed by atoms with Crippen molar-refractivity contribution in [1.29, 1.82) is 0 Å². The molecule has 0 saturated heterocycles. The fourth-order valence-electron chi connectivity index (χ4n) is 5.94. The maximum absolute atomic E-state index is 12.0. The van der Waals surface area contributed by atoms with E-state index < -0.39 is 5.75 Å². The standard InChI is InChI=1S/C34H34N2O6/c1-15(2)25-20-11-17(5)27(30(38)21(20)13-24(37)32(25)40)28-18(6)12-22-26(16(3)4)34(42)31(39)23(29(22)33(28)41)14-36-19-7-9-35-10-8-19/h7-16,37-42H,1-6H3. The summed E-state index contributed by atoms with van der Waals surface area (Å²) in [6.45, 7) is 11.1. The highest BCUT2D eigenvalue weighted by Gasteiger charge is 2.28. The summed E-state index contributed by atoms with van der Waals surface area (Å²) in [6.07, 6.45) is 4.55. The number of phenols is 6. The smallest absolute Gasteiger partial charge is 0.167 e. The molecule has 0 fully saturated rings. The number of pyridine rings is 1. The average Bonchev–Trinajstić information content (AvgIpc) is 2.92. The quantitative estimate of drug-likeness (QED) is 0.0936. The van der Waals surface area contributed by atoms with Crippen molar-refractivity contribution in [2.24, 2.45) is 4.99 Å². The lowest BCUT2D eigenvalue weighted by molar-refractivity contribution is 0.398. The lowest BCUT2D eigenvalue weighted by atomic mass is 9.84. The summed E-state index contributed by atoms with van der Waals surface area (Å²) >= 11 is 0. The number of aryl methyl sites for hydroxylation is 2. The first-order valence-corrected chi connectivity index (χ1v) is 13.7. The van der Waals surface area contributed by atoms with E-state index >= 15 is 0 Å². The van der Waals surface area contributed by atoms with Crippen molar-refractivity contribution in [1.82, 2.24) is 4.98 Å². The van der Waals surface area contributed by atoms with Gasteiger partial charge in [-0.05, 0) is 65.8 Å². The summed E-state index contributed by atoms with van der Waals surface area (Å²) in [5, 5.41) is 68.7. The van der Waals surface area contributed by atoms with Crippen molar-refractivity contribution in [2.45, 2.75) is 53.4 Å². The molecule has 0 aliphatic rings. The summed E-state index contributed by atoms with van der Waals surface area (Å²) in [5.74, 6) is -2.02. The zero-order valence-electron chi connectivity index (χ0n) is 24.4. The Balaban J connectivity index is 1.91. The van der Waals surface area contributed by atoms with E-state index in [2.05, 4.69) is 9.98 Å². The predicted octanol–water partition coefficient (Wildman–Crippen LogP) is 7.90. The Kier molecular flexibility index (Phi) is 7.10. The normalized spacial score (nSPS) is 12.0. The Hall–Kier alpha value is -4.98. The van der Waals surface area contributed by atoms with E-state index in [1.807, 2.05) is 39.8 Å². The topological polar surface area (TPSA) is 147 Å². The third-order valence-electron chi connectivity index (χ3n) is 7.81. The molecule has 0 spiro atoms. The molecule has 0 radical (unpaired) electrons. The Labute approximate surface area is 243 Å². The number of hydrogen-bond donors (Lipinski definition) is 6. The average molecular weight is 567 g/mol. The summed E-state index contributed by atoms with van der Waals surface area (Å²) < 4.78 is 0. The molecule has 1 aromatic heterocycles. The molecular weight excluding hydrogens is 532 g/mol. The first-order valence-electron chi connectivity index (χ1n) is 13.7. The molecule has 8 heteroatoms. The molecule has 0 aliphatic heterocycles. The van der Waals surface area contributed by atoms with Gasteiger partial charge in [0.05, 0.1) is 11.3 Å². The molecule has 0 amide bonds. The molecule has 1 heterocycles. The maximum Gasteiger partial charge on any atom is 0.167 e. The molecule has 6 N–H and O–H groups in total. The van der Waals surface area contributed by atoms with Crippen LogP contribution in [0.15, 0.2) is 47.7 Å². The van der Waals surface area contributed by atoms with E-state index in [0.29, 0.717) is 55.2 Å². The minimum atomic E-state index is -0.421. The lowest BCUT2D eigenvalue weighted by Gasteiger charge is -2.22. The largest absolute Gasteiger partial charge is 0.507 e. The SMILES string of the molecule is Cc1cc2c(C(C)C)c(O)c(O)cc2c(O)c1-c1c(C)cc2c(C(C)C)c(O)c(O)c(C=Nc3ccncc3)c2c1O. The number of benzene rings is 4. The molecule has 5 rings (SSSR count). The van der Waals surface area contributed by atoms with Crippen LogP contribution in [0.4, 0.5) is 5.69 Å². The van der Waals surface area contributed by atoms with Crippen LogP contribution in [0.3, 0.4) is 0 Å². The van der Waals surface area contributed by atoms with Crippen molar-refractivity contribution in [2.75, 3.05) is 0 Å². The maximum atomic E-state index is 12.0. The van der Waals surface area contributed by atoms with Gasteiger partial charge in [0.2, 0.25) is 0 Å². The molecular formula is C34H34N2O6. The molecule has 216 valence electrons. The van der Waals surface area contributed by atoms with Crippen LogP contribution in [0.2, 0.25) is 0 Å². The van der Waals surface area contributed by atoms with Crippen LogP contribution < -0.4 is 0 Å². The molecule has 0 bridgehead atoms. The summed E-state index contributed by atoms with van der Waals surface area (Å²) in [4.78, 5) is 8.43. The Morgan fingerprint density at radius 2 is 1.19 bits per heavy atom. The zero-order chi connectivity index (χ0) is 30.6. The molecule has 4 aromatic carbocycles. The fraction of sp³-hybridized carbons (Fsp3) is 0.235. The van der Waals surface area contributed by atoms with Crippen LogP contribution in [0.1, 0.15) is 67.3 Å². The van der Waals surface area contributed by atoms with Gasteiger partial charge in [0, 0.05) is 51.6 Å². The highest BCUT2D eigenvalue weighted by molar-refractivity contribution is 6.13. The van der Waals surface area contributed by atoms with E-state index in [1.165, 1.54) is 12.3 Å². The minimum Gasteiger partial charge on any atom is -0.507 e. The monoisotopic (exact) mass is 566 g/mol. The van der Waals surface area contributed by atoms with Gasteiger partial charge in [-0.3, -0.25) is 9.98 Å². The number of fused-ring (bicyclic) bond motifs is 2. The summed E-state index contributed by atoms with van der Waals surface area (Å²) in [6, 6.07) is 8.32. The van der Waals surface area contributed by atoms with Crippen LogP contribution in [0, 0.1) is 13.8 Å². The number of aromatic nitrogens is 1. The highest BCUT2D eigenvalue weighted by atomic mass is 16.3. The number of aromatic hydroxyl groups is 6. The molecule has 42 heavy (non-hydrogen) atoms. The number of phenolic OH excluding ortho intramolecular Hbond substituents is 6. The molecule has 0 unspecified atom stereocenters. The molecule has 5 aromatic rings. The van der Waals surface area contributed by atoms with Crippen molar-refractivity contribution < 1.29 is 30.6 Å². The Morgan fingerprint density at radius 3 is 1.79 bits per heavy atom. The van der Waals surface area contributed by atoms with E-state index in [4.69, 9.17) is 0 Å². The lowest BCUT2D eigenvalue weighted by Crippen LogP contribution is -2.00. The van der Waals surface area contributed by atoms with Crippen LogP contribution in [0.5, 0.6) is 34.5 Å². The van der Waals surface area contributed by atoms with Gasteiger partial charge in [-0.1, -0.05) is 39.8 Å². The van der Waals surface area contributed by atoms with Crippen LogP contribution in [-0.2, 0) is 0 Å². The van der Waals surface area contributed by atoms with Gasteiger partial charge in [-0.15, -0.1) is 0 Å². The first kappa shape index (κ1) is 28.5. The van der Waals surface area contributed by atoms with Crippen LogP contribution >= 0.6 is 0 Å². The van der Waals surface area contributed by atoms with E-state index in [-0.39, 0.29) is 51.5 Å². The summed E-state index contributed by atoms with van der Waals surface area (Å²) in [7, 11) is 0. The second-order valence-electron chi connectivity index (χ2n) is 11.3. The molecule has 8 nitrogen and oxygen atoms in total. The zero-order valence-corrected chi connectivity index (χ0v) is 24.4. The third-order valence-corrected chi connectivity index (χ3v) is 7.81. The number of aliphatic imine (C=N–C) groups is 1. The molecule has 0 aliphatic carbocycles. The van der Waals surface area contributed by atoms with Gasteiger partial charge < -0.3 is 30.6 Å². The highest BCUT2D eigenvalue weighted by Crippen LogP contribution is 2.53. The first-order chi connectivity index (χ1) is 19.8. The van der Waals surface area contributed by atoms with Gasteiger partial charge in [0.15, 0.2) is 23.0 Å². The third kappa shape index (κ3) is 4.40. The van der Waals surface area contributed by atoms with Gasteiger partial charge in [0.25, 0.3) is 0 Å². The fourth-order valence-corrected chi connectivity index (χ4v) is 5.94.